The first-order valence-electron chi connectivity index (χ1n) is 7.85. The Kier molecular flexibility index (Phi) is 6.47. The van der Waals surface area contributed by atoms with E-state index in [0.29, 0.717) is 12.5 Å². The van der Waals surface area contributed by atoms with E-state index in [0.717, 1.165) is 25.9 Å². The maximum Gasteiger partial charge on any atom is 0.407 e. The van der Waals surface area contributed by atoms with Crippen LogP contribution in [0.3, 0.4) is 0 Å². The molecule has 2 atom stereocenters. The normalized spacial score (nSPS) is 19.1. The summed E-state index contributed by atoms with van der Waals surface area (Å²) in [5, 5.41) is 12.3. The van der Waals surface area contributed by atoms with E-state index in [2.05, 4.69) is 30.1 Å². The van der Waals surface area contributed by atoms with Crippen molar-refractivity contribution in [2.75, 3.05) is 19.6 Å². The predicted molar refractivity (Wildman–Crippen MR) is 82.8 cm³/mol. The van der Waals surface area contributed by atoms with Gasteiger partial charge in [0, 0.05) is 12.5 Å². The van der Waals surface area contributed by atoms with Crippen LogP contribution in [0.25, 0.3) is 0 Å². The van der Waals surface area contributed by atoms with Crippen LogP contribution in [-0.2, 0) is 4.74 Å². The van der Waals surface area contributed by atoms with Gasteiger partial charge < -0.3 is 10.1 Å². The first-order valence-corrected chi connectivity index (χ1v) is 7.85. The summed E-state index contributed by atoms with van der Waals surface area (Å²) < 4.78 is 5.26. The molecule has 2 unspecified atom stereocenters. The van der Waals surface area contributed by atoms with Crippen LogP contribution in [0.15, 0.2) is 0 Å². The largest absolute Gasteiger partial charge is 0.444 e. The Labute approximate surface area is 128 Å². The van der Waals surface area contributed by atoms with Crippen molar-refractivity contribution in [2.24, 2.45) is 11.8 Å². The lowest BCUT2D eigenvalue weighted by molar-refractivity contribution is 0.0503. The van der Waals surface area contributed by atoms with Crippen LogP contribution in [0, 0.1) is 23.2 Å². The highest BCUT2D eigenvalue weighted by Gasteiger charge is 2.32. The summed E-state index contributed by atoms with van der Waals surface area (Å²) in [6, 6.07) is 2.29. The van der Waals surface area contributed by atoms with E-state index in [9.17, 15) is 10.1 Å². The van der Waals surface area contributed by atoms with Gasteiger partial charge in [0.15, 0.2) is 0 Å². The van der Waals surface area contributed by atoms with Crippen molar-refractivity contribution >= 4 is 6.09 Å². The number of hydrogen-bond acceptors (Lipinski definition) is 4. The Morgan fingerprint density at radius 3 is 2.33 bits per heavy atom. The fourth-order valence-electron chi connectivity index (χ4n) is 2.70. The molecule has 1 aliphatic heterocycles. The van der Waals surface area contributed by atoms with Gasteiger partial charge in [0.1, 0.15) is 11.6 Å². The summed E-state index contributed by atoms with van der Waals surface area (Å²) in [4.78, 5) is 14.0. The Hall–Kier alpha value is -1.28. The highest BCUT2D eigenvalue weighted by Crippen LogP contribution is 2.23. The highest BCUT2D eigenvalue weighted by atomic mass is 16.6. The van der Waals surface area contributed by atoms with Gasteiger partial charge in [0.2, 0.25) is 0 Å². The second-order valence-corrected chi connectivity index (χ2v) is 7.11. The molecule has 5 heteroatoms. The number of nitriles is 1. The van der Waals surface area contributed by atoms with Gasteiger partial charge in [-0.2, -0.15) is 5.26 Å². The van der Waals surface area contributed by atoms with E-state index in [1.807, 2.05) is 20.8 Å². The van der Waals surface area contributed by atoms with Gasteiger partial charge in [-0.1, -0.05) is 13.8 Å². The number of carbonyl (C=O) groups excluding carboxylic acids is 1. The van der Waals surface area contributed by atoms with E-state index in [1.54, 1.807) is 0 Å². The van der Waals surface area contributed by atoms with Gasteiger partial charge in [0.05, 0.1) is 6.07 Å². The molecule has 1 heterocycles. The van der Waals surface area contributed by atoms with E-state index < -0.39 is 11.7 Å². The van der Waals surface area contributed by atoms with Gasteiger partial charge in [-0.05, 0) is 52.6 Å². The minimum Gasteiger partial charge on any atom is -0.444 e. The number of amides is 1. The quantitative estimate of drug-likeness (QED) is 0.847. The lowest BCUT2D eigenvalue weighted by Gasteiger charge is -2.32. The number of nitrogens with zero attached hydrogens (tertiary/aromatic N) is 2. The predicted octanol–water partition coefficient (Wildman–Crippen LogP) is 2.77. The van der Waals surface area contributed by atoms with Crippen LogP contribution in [0.4, 0.5) is 4.79 Å². The zero-order valence-corrected chi connectivity index (χ0v) is 14.0. The van der Waals surface area contributed by atoms with E-state index in [1.165, 1.54) is 0 Å². The summed E-state index contributed by atoms with van der Waals surface area (Å²) in [6.07, 6.45) is 1.90. The summed E-state index contributed by atoms with van der Waals surface area (Å²) in [6.45, 7) is 12.2. The monoisotopic (exact) mass is 295 g/mol. The lowest BCUT2D eigenvalue weighted by Crippen LogP contribution is -2.46. The molecular formula is C16H29N3O2. The molecule has 1 aliphatic rings. The van der Waals surface area contributed by atoms with Crippen LogP contribution >= 0.6 is 0 Å². The molecule has 0 spiro atoms. The Bertz CT molecular complexity index is 376. The summed E-state index contributed by atoms with van der Waals surface area (Å²) in [5.41, 5.74) is -0.499. The molecule has 1 rings (SSSR count). The van der Waals surface area contributed by atoms with Crippen molar-refractivity contribution < 1.29 is 9.53 Å². The standard InChI is InChI=1S/C16H29N3O2/c1-12(2)13(11-18-15(20)21-16(3,4)5)14(10-17)19-8-6-7-9-19/h12-14H,6-9,11H2,1-5H3,(H,18,20). The molecule has 1 amide bonds. The van der Waals surface area contributed by atoms with E-state index in [4.69, 9.17) is 4.74 Å². The number of hydrogen-bond donors (Lipinski definition) is 1. The van der Waals surface area contributed by atoms with Crippen LogP contribution in [-0.4, -0.2) is 42.3 Å². The third-order valence-electron chi connectivity index (χ3n) is 3.81. The zero-order chi connectivity index (χ0) is 16.0. The molecule has 5 nitrogen and oxygen atoms in total. The van der Waals surface area contributed by atoms with Gasteiger partial charge in [0.25, 0.3) is 0 Å². The lowest BCUT2D eigenvalue weighted by atomic mass is 9.88. The van der Waals surface area contributed by atoms with Gasteiger partial charge in [-0.15, -0.1) is 0 Å². The molecular weight excluding hydrogens is 266 g/mol. The Balaban J connectivity index is 2.60. The smallest absolute Gasteiger partial charge is 0.407 e. The number of carbonyl (C=O) groups is 1. The molecule has 120 valence electrons. The second-order valence-electron chi connectivity index (χ2n) is 7.11. The zero-order valence-electron chi connectivity index (χ0n) is 14.0. The van der Waals surface area contributed by atoms with Crippen LogP contribution in [0.5, 0.6) is 0 Å². The van der Waals surface area contributed by atoms with E-state index in [-0.39, 0.29) is 12.0 Å². The topological polar surface area (TPSA) is 65.4 Å². The molecule has 0 aromatic carbocycles. The summed E-state index contributed by atoms with van der Waals surface area (Å²) in [5.74, 6) is 0.436. The van der Waals surface area contributed by atoms with Crippen molar-refractivity contribution in [2.45, 2.75) is 59.1 Å². The SMILES string of the molecule is CC(C)C(CNC(=O)OC(C)(C)C)C(C#N)N1CCCC1. The van der Waals surface area contributed by atoms with Crippen LogP contribution < -0.4 is 5.32 Å². The summed E-state index contributed by atoms with van der Waals surface area (Å²) in [7, 11) is 0. The number of rotatable bonds is 5. The van der Waals surface area contributed by atoms with Crippen molar-refractivity contribution in [1.29, 1.82) is 5.26 Å². The Morgan fingerprint density at radius 1 is 1.33 bits per heavy atom. The van der Waals surface area contributed by atoms with Crippen molar-refractivity contribution in [3.8, 4) is 6.07 Å². The number of likely N-dealkylation sites (tertiary alicyclic amines) is 1. The molecule has 21 heavy (non-hydrogen) atoms. The second kappa shape index (κ2) is 7.65. The van der Waals surface area contributed by atoms with Crippen molar-refractivity contribution in [3.63, 3.8) is 0 Å². The van der Waals surface area contributed by atoms with E-state index >= 15 is 0 Å². The molecule has 0 aliphatic carbocycles. The molecule has 0 radical (unpaired) electrons. The molecule has 1 fully saturated rings. The fraction of sp³-hybridized carbons (Fsp3) is 0.875. The maximum atomic E-state index is 11.8. The summed E-state index contributed by atoms with van der Waals surface area (Å²) >= 11 is 0. The number of ether oxygens (including phenoxy) is 1. The van der Waals surface area contributed by atoms with Gasteiger partial charge in [-0.25, -0.2) is 4.79 Å². The first-order chi connectivity index (χ1) is 9.74. The molecule has 0 aromatic rings. The van der Waals surface area contributed by atoms with Crippen molar-refractivity contribution in [1.82, 2.24) is 10.2 Å². The maximum absolute atomic E-state index is 11.8. The third kappa shape index (κ3) is 5.92. The number of alkyl carbamates (subject to hydrolysis) is 1. The Morgan fingerprint density at radius 2 is 1.90 bits per heavy atom. The highest BCUT2D eigenvalue weighted by molar-refractivity contribution is 5.67. The van der Waals surface area contributed by atoms with Gasteiger partial charge >= 0.3 is 6.09 Å². The average molecular weight is 295 g/mol. The minimum atomic E-state index is -0.499. The molecule has 1 saturated heterocycles. The number of nitrogens with one attached hydrogen (secondary N) is 1. The fourth-order valence-corrected chi connectivity index (χ4v) is 2.70. The van der Waals surface area contributed by atoms with Crippen LogP contribution in [0.1, 0.15) is 47.5 Å². The van der Waals surface area contributed by atoms with Crippen LogP contribution in [0.2, 0.25) is 0 Å². The van der Waals surface area contributed by atoms with Gasteiger partial charge in [-0.3, -0.25) is 4.90 Å². The first kappa shape index (κ1) is 17.8. The molecule has 0 bridgehead atoms. The van der Waals surface area contributed by atoms with Crippen molar-refractivity contribution in [3.05, 3.63) is 0 Å². The average Bonchev–Trinajstić information content (AvgIpc) is 2.85. The third-order valence-corrected chi connectivity index (χ3v) is 3.81. The molecule has 0 aromatic heterocycles. The minimum absolute atomic E-state index is 0.112. The molecule has 0 saturated carbocycles. The molecule has 1 N–H and O–H groups in total.